The smallest absolute Gasteiger partial charge is 0.337 e. The van der Waals surface area contributed by atoms with E-state index in [4.69, 9.17) is 16.4 Å². The molecule has 6 N–H and O–H groups in total. The fourth-order valence-corrected chi connectivity index (χ4v) is 3.82. The van der Waals surface area contributed by atoms with Crippen LogP contribution in [0.25, 0.3) is 22.2 Å². The van der Waals surface area contributed by atoms with E-state index in [1.807, 2.05) is 55.5 Å². The highest BCUT2D eigenvalue weighted by Gasteiger charge is 2.19. The Labute approximate surface area is 190 Å². The molecule has 0 aliphatic heterocycles. The van der Waals surface area contributed by atoms with Gasteiger partial charge in [0.2, 0.25) is 0 Å². The van der Waals surface area contributed by atoms with Gasteiger partial charge in [0.25, 0.3) is 6.01 Å². The molecule has 0 radical (unpaired) electrons. The lowest BCUT2D eigenvalue weighted by atomic mass is 9.98. The number of hydrazine groups is 1. The Morgan fingerprint density at radius 1 is 1.09 bits per heavy atom. The minimum absolute atomic E-state index is 0.180. The maximum absolute atomic E-state index is 11.8. The average Bonchev–Trinajstić information content (AvgIpc) is 3.18. The Kier molecular flexibility index (Phi) is 6.23. The number of rotatable bonds is 7. The molecule has 1 heterocycles. The molecule has 4 aromatic rings. The normalized spacial score (nSPS) is 11.5. The van der Waals surface area contributed by atoms with E-state index < -0.39 is 5.97 Å². The summed E-state index contributed by atoms with van der Waals surface area (Å²) < 4.78 is 7.50. The molecule has 33 heavy (non-hydrogen) atoms. The van der Waals surface area contributed by atoms with Gasteiger partial charge in [0.05, 0.1) is 29.7 Å². The molecule has 1 aromatic heterocycles. The Morgan fingerprint density at radius 2 is 1.82 bits per heavy atom. The average molecular weight is 444 g/mol. The molecule has 4 rings (SSSR count). The van der Waals surface area contributed by atoms with Crippen LogP contribution in [0.5, 0.6) is 6.01 Å². The van der Waals surface area contributed by atoms with Crippen molar-refractivity contribution >= 4 is 22.8 Å². The molecule has 3 aromatic carbocycles. The van der Waals surface area contributed by atoms with Crippen LogP contribution in [0.4, 0.5) is 0 Å². The Bertz CT molecular complexity index is 1330. The predicted octanol–water partition coefficient (Wildman–Crippen LogP) is 2.93. The van der Waals surface area contributed by atoms with Crippen molar-refractivity contribution in [2.24, 2.45) is 16.8 Å². The highest BCUT2D eigenvalue weighted by molar-refractivity contribution is 6.04. The summed E-state index contributed by atoms with van der Waals surface area (Å²) in [6.07, 6.45) is 0. The lowest BCUT2D eigenvalue weighted by molar-refractivity contribution is 0.0698. The minimum Gasteiger partial charge on any atom is -0.478 e. The van der Waals surface area contributed by atoms with Gasteiger partial charge in [-0.15, -0.1) is 0 Å². The van der Waals surface area contributed by atoms with Crippen LogP contribution in [-0.2, 0) is 6.54 Å². The van der Waals surface area contributed by atoms with Gasteiger partial charge < -0.3 is 21.1 Å². The summed E-state index contributed by atoms with van der Waals surface area (Å²) in [4.78, 5) is 16.3. The van der Waals surface area contributed by atoms with E-state index >= 15 is 0 Å². The summed E-state index contributed by atoms with van der Waals surface area (Å²) in [6, 6.07) is 21.0. The Morgan fingerprint density at radius 3 is 2.48 bits per heavy atom. The lowest BCUT2D eigenvalue weighted by Gasteiger charge is -2.13. The molecule has 0 amide bonds. The van der Waals surface area contributed by atoms with E-state index in [0.717, 1.165) is 22.3 Å². The molecular weight excluding hydrogens is 420 g/mol. The van der Waals surface area contributed by atoms with Gasteiger partial charge in [-0.1, -0.05) is 54.6 Å². The number of nitrogens with one attached hydrogen (secondary N) is 1. The number of nitrogens with two attached hydrogens (primary N) is 2. The van der Waals surface area contributed by atoms with E-state index in [9.17, 15) is 9.90 Å². The molecular formula is C24H24N6O3. The second kappa shape index (κ2) is 9.41. The SMILES string of the molecule is CCOc1nc2cccc(C(=O)O)c2n1Cc1ccc(-c2ccccc2/C(=N/N)NN)cc1. The largest absolute Gasteiger partial charge is 0.478 e. The van der Waals surface area contributed by atoms with Crippen molar-refractivity contribution in [1.82, 2.24) is 15.0 Å². The molecule has 0 atom stereocenters. The van der Waals surface area contributed by atoms with Gasteiger partial charge in [-0.3, -0.25) is 4.57 Å². The monoisotopic (exact) mass is 444 g/mol. The second-order valence-corrected chi connectivity index (χ2v) is 7.26. The molecule has 0 unspecified atom stereocenters. The number of hydrazone groups is 1. The van der Waals surface area contributed by atoms with Crippen LogP contribution in [0.2, 0.25) is 0 Å². The van der Waals surface area contributed by atoms with Gasteiger partial charge in [-0.05, 0) is 35.7 Å². The molecule has 0 bridgehead atoms. The van der Waals surface area contributed by atoms with Crippen LogP contribution in [-0.4, -0.2) is 33.1 Å². The highest BCUT2D eigenvalue weighted by atomic mass is 16.5. The third-order valence-electron chi connectivity index (χ3n) is 5.29. The summed E-state index contributed by atoms with van der Waals surface area (Å²) >= 11 is 0. The zero-order valence-electron chi connectivity index (χ0n) is 18.0. The molecule has 0 saturated heterocycles. The Hall–Kier alpha value is -4.37. The van der Waals surface area contributed by atoms with Crippen LogP contribution >= 0.6 is 0 Å². The number of aromatic nitrogens is 2. The summed E-state index contributed by atoms with van der Waals surface area (Å²) in [5, 5.41) is 13.4. The van der Waals surface area contributed by atoms with Crippen LogP contribution < -0.4 is 21.8 Å². The first-order valence-corrected chi connectivity index (χ1v) is 10.4. The molecule has 0 aliphatic carbocycles. The van der Waals surface area contributed by atoms with Gasteiger partial charge in [-0.25, -0.2) is 10.6 Å². The number of carboxylic acid groups (broad SMARTS) is 1. The number of ether oxygens (including phenoxy) is 1. The number of amidine groups is 1. The van der Waals surface area contributed by atoms with Crippen molar-refractivity contribution in [2.75, 3.05) is 6.61 Å². The maximum atomic E-state index is 11.8. The van der Waals surface area contributed by atoms with Crippen molar-refractivity contribution in [3.63, 3.8) is 0 Å². The van der Waals surface area contributed by atoms with Crippen LogP contribution in [0.15, 0.2) is 71.8 Å². The maximum Gasteiger partial charge on any atom is 0.337 e. The summed E-state index contributed by atoms with van der Waals surface area (Å²) in [5.41, 5.74) is 7.42. The topological polar surface area (TPSA) is 141 Å². The zero-order valence-corrected chi connectivity index (χ0v) is 18.0. The first kappa shape index (κ1) is 21.8. The molecule has 0 saturated carbocycles. The molecule has 0 fully saturated rings. The summed E-state index contributed by atoms with van der Waals surface area (Å²) in [7, 11) is 0. The number of imidazole rings is 1. The summed E-state index contributed by atoms with van der Waals surface area (Å²) in [6.45, 7) is 2.68. The van der Waals surface area contributed by atoms with E-state index in [1.165, 1.54) is 0 Å². The molecule has 168 valence electrons. The van der Waals surface area contributed by atoms with Gasteiger partial charge >= 0.3 is 5.97 Å². The van der Waals surface area contributed by atoms with Crippen molar-refractivity contribution < 1.29 is 14.6 Å². The number of nitrogens with zero attached hydrogens (tertiary/aromatic N) is 3. The van der Waals surface area contributed by atoms with Gasteiger partial charge in [0.15, 0.2) is 5.84 Å². The van der Waals surface area contributed by atoms with Crippen molar-refractivity contribution in [2.45, 2.75) is 13.5 Å². The number of aromatic carboxylic acids is 1. The quantitative estimate of drug-likeness (QED) is 0.149. The first-order chi connectivity index (χ1) is 16.1. The summed E-state index contributed by atoms with van der Waals surface area (Å²) in [5.74, 6) is 10.4. The first-order valence-electron chi connectivity index (χ1n) is 10.4. The number of carboxylic acids is 1. The highest BCUT2D eigenvalue weighted by Crippen LogP contribution is 2.28. The number of hydrogen-bond donors (Lipinski definition) is 4. The molecule has 9 nitrogen and oxygen atoms in total. The van der Waals surface area contributed by atoms with E-state index in [-0.39, 0.29) is 5.56 Å². The lowest BCUT2D eigenvalue weighted by Crippen LogP contribution is -2.32. The van der Waals surface area contributed by atoms with Gasteiger partial charge in [0.1, 0.15) is 0 Å². The van der Waals surface area contributed by atoms with E-state index in [2.05, 4.69) is 15.5 Å². The molecule has 0 aliphatic rings. The second-order valence-electron chi connectivity index (χ2n) is 7.26. The number of fused-ring (bicyclic) bond motifs is 1. The third kappa shape index (κ3) is 4.21. The van der Waals surface area contributed by atoms with E-state index in [0.29, 0.717) is 36.0 Å². The minimum atomic E-state index is -1.01. The van der Waals surface area contributed by atoms with Gasteiger partial charge in [0, 0.05) is 5.56 Å². The fraction of sp³-hybridized carbons (Fsp3) is 0.125. The van der Waals surface area contributed by atoms with E-state index in [1.54, 1.807) is 22.8 Å². The van der Waals surface area contributed by atoms with Crippen molar-refractivity contribution in [3.05, 3.63) is 83.4 Å². The van der Waals surface area contributed by atoms with Crippen LogP contribution in [0.1, 0.15) is 28.4 Å². The number of hydrogen-bond acceptors (Lipinski definition) is 6. The standard InChI is InChI=1S/C24H24N6O3/c1-2-33-24-27-20-9-5-8-19(23(31)32)21(20)30(24)14-15-10-12-16(13-11-15)17-6-3-4-7-18(17)22(28-25)29-26/h3-13H,2,14,25-26H2,1H3,(H,28,29)(H,31,32). The van der Waals surface area contributed by atoms with Crippen molar-refractivity contribution in [1.29, 1.82) is 0 Å². The fourth-order valence-electron chi connectivity index (χ4n) is 3.82. The Balaban J connectivity index is 1.73. The number of benzene rings is 3. The van der Waals surface area contributed by atoms with Crippen molar-refractivity contribution in [3.8, 4) is 17.1 Å². The molecule has 9 heteroatoms. The predicted molar refractivity (Wildman–Crippen MR) is 127 cm³/mol. The number of carbonyl (C=O) groups is 1. The van der Waals surface area contributed by atoms with Crippen LogP contribution in [0, 0.1) is 0 Å². The third-order valence-corrected chi connectivity index (χ3v) is 5.29. The molecule has 0 spiro atoms. The number of para-hydroxylation sites is 1. The van der Waals surface area contributed by atoms with Crippen LogP contribution in [0.3, 0.4) is 0 Å². The zero-order chi connectivity index (χ0) is 23.4. The van der Waals surface area contributed by atoms with Gasteiger partial charge in [-0.2, -0.15) is 10.1 Å².